The van der Waals surface area contributed by atoms with E-state index in [2.05, 4.69) is 4.90 Å². The summed E-state index contributed by atoms with van der Waals surface area (Å²) in [6, 6.07) is 6.21. The maximum atomic E-state index is 13.1. The molecule has 2 fully saturated rings. The van der Waals surface area contributed by atoms with Crippen LogP contribution in [0.25, 0.3) is 0 Å². The number of halogens is 1. The van der Waals surface area contributed by atoms with Crippen molar-refractivity contribution in [1.82, 2.24) is 9.21 Å². The number of ether oxygens (including phenoxy) is 1. The first-order valence-corrected chi connectivity index (χ1v) is 10.7. The van der Waals surface area contributed by atoms with Gasteiger partial charge < -0.3 is 4.74 Å². The quantitative estimate of drug-likeness (QED) is 0.780. The van der Waals surface area contributed by atoms with Crippen molar-refractivity contribution in [3.05, 3.63) is 28.8 Å². The highest BCUT2D eigenvalue weighted by Gasteiger charge is 2.37. The smallest absolute Gasteiger partial charge is 0.243 e. The zero-order valence-electron chi connectivity index (χ0n) is 15.1. The summed E-state index contributed by atoms with van der Waals surface area (Å²) in [5.41, 5.74) is 0.180. The molecule has 1 aromatic carbocycles. The summed E-state index contributed by atoms with van der Waals surface area (Å²) in [6.45, 7) is 6.93. The molecule has 3 rings (SSSR count). The average molecular weight is 398 g/mol. The van der Waals surface area contributed by atoms with E-state index < -0.39 is 10.0 Å². The molecule has 26 heavy (non-hydrogen) atoms. The normalized spacial score (nSPS) is 28.2. The first-order chi connectivity index (χ1) is 12.3. The van der Waals surface area contributed by atoms with Gasteiger partial charge in [-0.05, 0) is 44.9 Å². The number of rotatable bonds is 4. The Bertz CT molecular complexity index is 798. The number of hydrogen-bond donors (Lipinski definition) is 0. The van der Waals surface area contributed by atoms with Gasteiger partial charge in [-0.2, -0.15) is 9.57 Å². The third-order valence-electron chi connectivity index (χ3n) is 4.95. The summed E-state index contributed by atoms with van der Waals surface area (Å²) in [5, 5.41) is 9.40. The lowest BCUT2D eigenvalue weighted by molar-refractivity contribution is -0.0707. The van der Waals surface area contributed by atoms with Crippen LogP contribution in [0.5, 0.6) is 0 Å². The molecule has 2 heterocycles. The Morgan fingerprint density at radius 3 is 2.65 bits per heavy atom. The molecule has 0 saturated carbocycles. The second kappa shape index (κ2) is 7.83. The van der Waals surface area contributed by atoms with Crippen LogP contribution in [-0.2, 0) is 14.8 Å². The molecule has 0 amide bonds. The van der Waals surface area contributed by atoms with E-state index in [0.29, 0.717) is 13.1 Å². The Morgan fingerprint density at radius 2 is 2.00 bits per heavy atom. The molecule has 8 heteroatoms. The molecule has 2 aliphatic heterocycles. The average Bonchev–Trinajstić information content (AvgIpc) is 3.03. The van der Waals surface area contributed by atoms with Gasteiger partial charge in [-0.25, -0.2) is 8.42 Å². The van der Waals surface area contributed by atoms with Gasteiger partial charge in [0.15, 0.2) is 0 Å². The number of benzene rings is 1. The van der Waals surface area contributed by atoms with Gasteiger partial charge >= 0.3 is 0 Å². The van der Waals surface area contributed by atoms with Gasteiger partial charge in [-0.1, -0.05) is 11.6 Å². The van der Waals surface area contributed by atoms with Crippen LogP contribution < -0.4 is 0 Å². The predicted octanol–water partition coefficient (Wildman–Crippen LogP) is 2.47. The van der Waals surface area contributed by atoms with Gasteiger partial charge in [0.25, 0.3) is 0 Å². The third kappa shape index (κ3) is 4.05. The maximum absolute atomic E-state index is 13.1. The van der Waals surface area contributed by atoms with Crippen molar-refractivity contribution in [2.24, 2.45) is 0 Å². The van der Waals surface area contributed by atoms with E-state index in [0.717, 1.165) is 25.9 Å². The number of sulfonamides is 1. The molecule has 0 N–H and O–H groups in total. The lowest BCUT2D eigenvalue weighted by atomic mass is 10.1. The first-order valence-electron chi connectivity index (χ1n) is 8.90. The summed E-state index contributed by atoms with van der Waals surface area (Å²) in [7, 11) is -3.65. The lowest BCUT2D eigenvalue weighted by Gasteiger charge is -2.38. The first kappa shape index (κ1) is 19.6. The molecular weight excluding hydrogens is 374 g/mol. The Balaban J connectivity index is 1.79. The molecule has 2 saturated heterocycles. The molecule has 1 aromatic rings. The zero-order valence-corrected chi connectivity index (χ0v) is 16.6. The fourth-order valence-electron chi connectivity index (χ4n) is 3.93. The lowest BCUT2D eigenvalue weighted by Crippen LogP contribution is -2.50. The van der Waals surface area contributed by atoms with Crippen LogP contribution in [0, 0.1) is 11.3 Å². The van der Waals surface area contributed by atoms with Crippen LogP contribution in [0.4, 0.5) is 0 Å². The van der Waals surface area contributed by atoms with Crippen LogP contribution in [0.1, 0.15) is 32.3 Å². The molecule has 0 aliphatic carbocycles. The van der Waals surface area contributed by atoms with E-state index in [9.17, 15) is 8.42 Å². The second-order valence-electron chi connectivity index (χ2n) is 7.14. The second-order valence-corrected chi connectivity index (χ2v) is 9.44. The van der Waals surface area contributed by atoms with Gasteiger partial charge in [0.05, 0.1) is 27.7 Å². The minimum Gasteiger partial charge on any atom is -0.373 e. The van der Waals surface area contributed by atoms with E-state index in [-0.39, 0.29) is 33.7 Å². The van der Waals surface area contributed by atoms with Crippen molar-refractivity contribution in [2.45, 2.75) is 49.8 Å². The molecule has 6 nitrogen and oxygen atoms in total. The minimum atomic E-state index is -3.65. The Hall–Kier alpha value is -1.17. The highest BCUT2D eigenvalue weighted by atomic mass is 35.5. The van der Waals surface area contributed by atoms with Crippen LogP contribution in [0.2, 0.25) is 5.02 Å². The molecule has 3 unspecified atom stereocenters. The minimum absolute atomic E-state index is 0.0567. The Labute approximate surface area is 160 Å². The molecular formula is C18H24ClN3O3S. The largest absolute Gasteiger partial charge is 0.373 e. The molecule has 0 aromatic heterocycles. The van der Waals surface area contributed by atoms with Gasteiger partial charge in [0.2, 0.25) is 10.0 Å². The van der Waals surface area contributed by atoms with Crippen molar-refractivity contribution in [2.75, 3.05) is 26.2 Å². The van der Waals surface area contributed by atoms with Crippen molar-refractivity contribution < 1.29 is 13.2 Å². The van der Waals surface area contributed by atoms with Gasteiger partial charge in [0.1, 0.15) is 6.07 Å². The van der Waals surface area contributed by atoms with E-state index >= 15 is 0 Å². The maximum Gasteiger partial charge on any atom is 0.243 e. The third-order valence-corrected chi connectivity index (χ3v) is 7.23. The summed E-state index contributed by atoms with van der Waals surface area (Å²) in [6.07, 6.45) is 2.00. The van der Waals surface area contributed by atoms with E-state index in [1.807, 2.05) is 19.9 Å². The number of hydrogen-bond acceptors (Lipinski definition) is 5. The standard InChI is InChI=1S/C18H24ClN3O3S/c1-13-10-21(11-14(2)25-13)12-16-4-3-7-22(16)26(23,24)17-5-6-18(19)15(8-17)9-20/h5-6,8,13-14,16H,3-4,7,10-12H2,1-2H3. The zero-order chi connectivity index (χ0) is 18.9. The predicted molar refractivity (Wildman–Crippen MR) is 99.5 cm³/mol. The summed E-state index contributed by atoms with van der Waals surface area (Å²) >= 11 is 5.94. The summed E-state index contributed by atoms with van der Waals surface area (Å²) in [4.78, 5) is 2.42. The monoisotopic (exact) mass is 397 g/mol. The summed E-state index contributed by atoms with van der Waals surface area (Å²) < 4.78 is 33.6. The molecule has 0 radical (unpaired) electrons. The Morgan fingerprint density at radius 1 is 1.31 bits per heavy atom. The SMILES string of the molecule is CC1CN(CC2CCCN2S(=O)(=O)c2ccc(Cl)c(C#N)c2)CC(C)O1. The number of morpholine rings is 1. The van der Waals surface area contributed by atoms with Gasteiger partial charge in [-0.3, -0.25) is 4.90 Å². The van der Waals surface area contributed by atoms with Crippen molar-refractivity contribution in [3.8, 4) is 6.07 Å². The van der Waals surface area contributed by atoms with Crippen molar-refractivity contribution in [3.63, 3.8) is 0 Å². The summed E-state index contributed by atoms with van der Waals surface area (Å²) in [5.74, 6) is 0. The van der Waals surface area contributed by atoms with Crippen molar-refractivity contribution in [1.29, 1.82) is 5.26 Å². The molecule has 2 aliphatic rings. The molecule has 0 spiro atoms. The van der Waals surface area contributed by atoms with Crippen LogP contribution >= 0.6 is 11.6 Å². The highest BCUT2D eigenvalue weighted by molar-refractivity contribution is 7.89. The van der Waals surface area contributed by atoms with Crippen molar-refractivity contribution >= 4 is 21.6 Å². The fourth-order valence-corrected chi connectivity index (χ4v) is 5.80. The van der Waals surface area contributed by atoms with E-state index in [4.69, 9.17) is 21.6 Å². The van der Waals surface area contributed by atoms with Gasteiger partial charge in [-0.15, -0.1) is 0 Å². The molecule has 0 bridgehead atoms. The van der Waals surface area contributed by atoms with Gasteiger partial charge in [0, 0.05) is 32.2 Å². The topological polar surface area (TPSA) is 73.6 Å². The highest BCUT2D eigenvalue weighted by Crippen LogP contribution is 2.29. The van der Waals surface area contributed by atoms with Crippen LogP contribution in [0.15, 0.2) is 23.1 Å². The fraction of sp³-hybridized carbons (Fsp3) is 0.611. The van der Waals surface area contributed by atoms with Crippen LogP contribution in [0.3, 0.4) is 0 Å². The van der Waals surface area contributed by atoms with E-state index in [1.54, 1.807) is 4.31 Å². The molecule has 3 atom stereocenters. The Kier molecular flexibility index (Phi) is 5.90. The number of nitrogens with zero attached hydrogens (tertiary/aromatic N) is 3. The molecule has 142 valence electrons. The van der Waals surface area contributed by atoms with Crippen LogP contribution in [-0.4, -0.2) is 62.1 Å². The number of nitriles is 1. The van der Waals surface area contributed by atoms with E-state index in [1.165, 1.54) is 18.2 Å².